The minimum Gasteiger partial charge on any atom is -0.466 e. The summed E-state index contributed by atoms with van der Waals surface area (Å²) in [5.74, 6) is 1.81. The number of nitrogens with zero attached hydrogens (tertiary/aromatic N) is 5. The minimum atomic E-state index is -0.0696. The molecule has 0 atom stereocenters. The van der Waals surface area contributed by atoms with E-state index in [1.54, 1.807) is 13.4 Å². The van der Waals surface area contributed by atoms with E-state index >= 15 is 0 Å². The number of likely N-dealkylation sites (tertiary alicyclic amines) is 1. The molecule has 1 aliphatic heterocycles. The van der Waals surface area contributed by atoms with Gasteiger partial charge in [0, 0.05) is 39.6 Å². The zero-order valence-electron chi connectivity index (χ0n) is 14.9. The molecule has 1 aromatic rings. The first-order valence-electron chi connectivity index (χ1n) is 8.68. The van der Waals surface area contributed by atoms with Gasteiger partial charge < -0.3 is 19.5 Å². The van der Waals surface area contributed by atoms with E-state index in [1.807, 2.05) is 11.5 Å². The standard InChI is InChI=1S/C16H28N6O2/c1-4-14-20-19-12-22(14)11-8-18-16(17-3)21-9-6-13(7-10-21)15(23)24-5-2/h12-13H,4-11H2,1-3H3,(H,17,18). The molecule has 2 rings (SSSR count). The molecule has 0 aliphatic carbocycles. The number of ether oxygens (including phenoxy) is 1. The van der Waals surface area contributed by atoms with E-state index in [2.05, 4.69) is 32.3 Å². The van der Waals surface area contributed by atoms with Crippen LogP contribution in [-0.2, 0) is 22.5 Å². The van der Waals surface area contributed by atoms with Gasteiger partial charge in [-0.05, 0) is 19.8 Å². The lowest BCUT2D eigenvalue weighted by Gasteiger charge is -2.33. The van der Waals surface area contributed by atoms with Crippen LogP contribution in [0.1, 0.15) is 32.5 Å². The summed E-state index contributed by atoms with van der Waals surface area (Å²) in [6.45, 7) is 7.56. The van der Waals surface area contributed by atoms with Crippen molar-refractivity contribution in [2.75, 3.05) is 33.3 Å². The van der Waals surface area contributed by atoms with Gasteiger partial charge in [-0.25, -0.2) is 0 Å². The molecule has 0 aromatic carbocycles. The molecule has 1 N–H and O–H groups in total. The molecule has 1 fully saturated rings. The summed E-state index contributed by atoms with van der Waals surface area (Å²) in [5, 5.41) is 11.4. The van der Waals surface area contributed by atoms with Crippen LogP contribution in [0.2, 0.25) is 0 Å². The van der Waals surface area contributed by atoms with Crippen LogP contribution in [0.3, 0.4) is 0 Å². The van der Waals surface area contributed by atoms with Gasteiger partial charge in [0.2, 0.25) is 0 Å². The van der Waals surface area contributed by atoms with Gasteiger partial charge in [0.1, 0.15) is 12.2 Å². The summed E-state index contributed by atoms with van der Waals surface area (Å²) in [6, 6.07) is 0. The number of hydrogen-bond acceptors (Lipinski definition) is 5. The van der Waals surface area contributed by atoms with Gasteiger partial charge in [-0.3, -0.25) is 9.79 Å². The van der Waals surface area contributed by atoms with E-state index in [9.17, 15) is 4.79 Å². The van der Waals surface area contributed by atoms with E-state index < -0.39 is 0 Å². The highest BCUT2D eigenvalue weighted by Gasteiger charge is 2.27. The Labute approximate surface area is 143 Å². The van der Waals surface area contributed by atoms with Gasteiger partial charge in [0.25, 0.3) is 0 Å². The predicted octanol–water partition coefficient (Wildman–Crippen LogP) is 0.691. The smallest absolute Gasteiger partial charge is 0.309 e. The maximum Gasteiger partial charge on any atom is 0.309 e. The van der Waals surface area contributed by atoms with Gasteiger partial charge in [-0.15, -0.1) is 10.2 Å². The van der Waals surface area contributed by atoms with Crippen LogP contribution in [0.25, 0.3) is 0 Å². The molecule has 0 saturated carbocycles. The third-order valence-corrected chi connectivity index (χ3v) is 4.27. The molecule has 0 bridgehead atoms. The van der Waals surface area contributed by atoms with Crippen molar-refractivity contribution < 1.29 is 9.53 Å². The predicted molar refractivity (Wildman–Crippen MR) is 91.7 cm³/mol. The first-order chi connectivity index (χ1) is 11.7. The number of aromatic nitrogens is 3. The van der Waals surface area contributed by atoms with Crippen molar-refractivity contribution in [1.29, 1.82) is 0 Å². The molecule has 8 heteroatoms. The average molecular weight is 336 g/mol. The first-order valence-corrected chi connectivity index (χ1v) is 8.68. The Hall–Kier alpha value is -2.12. The molecule has 2 heterocycles. The third kappa shape index (κ3) is 4.69. The Morgan fingerprint density at radius 3 is 2.79 bits per heavy atom. The van der Waals surface area contributed by atoms with Crippen molar-refractivity contribution in [3.8, 4) is 0 Å². The van der Waals surface area contributed by atoms with Crippen molar-refractivity contribution >= 4 is 11.9 Å². The maximum atomic E-state index is 11.8. The Bertz CT molecular complexity index is 549. The second-order valence-corrected chi connectivity index (χ2v) is 5.78. The number of rotatable bonds is 6. The molecule has 1 aliphatic rings. The summed E-state index contributed by atoms with van der Waals surface area (Å²) in [6.07, 6.45) is 4.25. The zero-order chi connectivity index (χ0) is 17.4. The summed E-state index contributed by atoms with van der Waals surface area (Å²) < 4.78 is 7.16. The van der Waals surface area contributed by atoms with Crippen LogP contribution in [0.15, 0.2) is 11.3 Å². The lowest BCUT2D eigenvalue weighted by Crippen LogP contribution is -2.47. The lowest BCUT2D eigenvalue weighted by atomic mass is 9.97. The van der Waals surface area contributed by atoms with Gasteiger partial charge in [-0.2, -0.15) is 0 Å². The van der Waals surface area contributed by atoms with Crippen molar-refractivity contribution in [1.82, 2.24) is 25.0 Å². The van der Waals surface area contributed by atoms with E-state index in [4.69, 9.17) is 4.74 Å². The highest BCUT2D eigenvalue weighted by atomic mass is 16.5. The normalized spacial score (nSPS) is 16.3. The number of guanidine groups is 1. The summed E-state index contributed by atoms with van der Waals surface area (Å²) in [4.78, 5) is 18.4. The van der Waals surface area contributed by atoms with Crippen LogP contribution in [0.4, 0.5) is 0 Å². The average Bonchev–Trinajstić information content (AvgIpc) is 3.06. The summed E-state index contributed by atoms with van der Waals surface area (Å²) in [5.41, 5.74) is 0. The molecule has 8 nitrogen and oxygen atoms in total. The zero-order valence-corrected chi connectivity index (χ0v) is 14.9. The largest absolute Gasteiger partial charge is 0.466 e. The number of aryl methyl sites for hydroxylation is 1. The van der Waals surface area contributed by atoms with Gasteiger partial charge in [-0.1, -0.05) is 6.92 Å². The maximum absolute atomic E-state index is 11.8. The van der Waals surface area contributed by atoms with Crippen molar-refractivity contribution in [2.45, 2.75) is 39.7 Å². The number of carbonyl (C=O) groups excluding carboxylic acids is 1. The highest BCUT2D eigenvalue weighted by Crippen LogP contribution is 2.18. The SMILES string of the molecule is CCOC(=O)C1CCN(C(=NC)NCCn2cnnc2CC)CC1. The molecule has 0 unspecified atom stereocenters. The second kappa shape index (κ2) is 9.24. The van der Waals surface area contributed by atoms with E-state index in [0.29, 0.717) is 6.61 Å². The van der Waals surface area contributed by atoms with Gasteiger partial charge >= 0.3 is 5.97 Å². The van der Waals surface area contributed by atoms with Crippen LogP contribution < -0.4 is 5.32 Å². The van der Waals surface area contributed by atoms with Gasteiger partial charge in [0.05, 0.1) is 12.5 Å². The Balaban J connectivity index is 1.77. The fourth-order valence-electron chi connectivity index (χ4n) is 2.95. The molecular weight excluding hydrogens is 308 g/mol. The Morgan fingerprint density at radius 2 is 2.17 bits per heavy atom. The fraction of sp³-hybridized carbons (Fsp3) is 0.750. The highest BCUT2D eigenvalue weighted by molar-refractivity contribution is 5.80. The number of nitrogens with one attached hydrogen (secondary N) is 1. The quantitative estimate of drug-likeness (QED) is 0.467. The molecule has 24 heavy (non-hydrogen) atoms. The summed E-state index contributed by atoms with van der Waals surface area (Å²) >= 11 is 0. The molecule has 134 valence electrons. The Kier molecular flexibility index (Phi) is 7.02. The third-order valence-electron chi connectivity index (χ3n) is 4.27. The van der Waals surface area contributed by atoms with Gasteiger partial charge in [0.15, 0.2) is 5.96 Å². The molecule has 0 spiro atoms. The van der Waals surface area contributed by atoms with E-state index in [0.717, 1.165) is 57.2 Å². The minimum absolute atomic E-state index is 0.0171. The number of esters is 1. The van der Waals surface area contributed by atoms with E-state index in [-0.39, 0.29) is 11.9 Å². The van der Waals surface area contributed by atoms with Crippen molar-refractivity contribution in [2.24, 2.45) is 10.9 Å². The molecule has 0 amide bonds. The lowest BCUT2D eigenvalue weighted by molar-refractivity contribution is -0.149. The summed E-state index contributed by atoms with van der Waals surface area (Å²) in [7, 11) is 1.79. The fourth-order valence-corrected chi connectivity index (χ4v) is 2.95. The van der Waals surface area contributed by atoms with Crippen LogP contribution in [-0.4, -0.2) is 64.9 Å². The molecule has 1 saturated heterocycles. The molecule has 0 radical (unpaired) electrons. The van der Waals surface area contributed by atoms with Crippen LogP contribution >= 0.6 is 0 Å². The Morgan fingerprint density at radius 1 is 1.42 bits per heavy atom. The number of carbonyl (C=O) groups is 1. The monoisotopic (exact) mass is 336 g/mol. The van der Waals surface area contributed by atoms with Crippen molar-refractivity contribution in [3.63, 3.8) is 0 Å². The number of hydrogen-bond donors (Lipinski definition) is 1. The van der Waals surface area contributed by atoms with Crippen molar-refractivity contribution in [3.05, 3.63) is 12.2 Å². The topological polar surface area (TPSA) is 84.6 Å². The van der Waals surface area contributed by atoms with E-state index in [1.165, 1.54) is 0 Å². The molecule has 1 aromatic heterocycles. The van der Waals surface area contributed by atoms with Crippen LogP contribution in [0.5, 0.6) is 0 Å². The van der Waals surface area contributed by atoms with Crippen LogP contribution in [0, 0.1) is 5.92 Å². The first kappa shape index (κ1) is 18.2. The molecular formula is C16H28N6O2. The second-order valence-electron chi connectivity index (χ2n) is 5.78. The number of aliphatic imine (C=N–C) groups is 1. The number of piperidine rings is 1.